The fraction of sp³-hybridized carbons (Fsp3) is 0.600. The van der Waals surface area contributed by atoms with E-state index in [1.165, 1.54) is 12.8 Å². The lowest BCUT2D eigenvalue weighted by Gasteiger charge is -2.35. The van der Waals surface area contributed by atoms with Crippen LogP contribution in [0.4, 0.5) is 4.39 Å². The van der Waals surface area contributed by atoms with Gasteiger partial charge in [-0.1, -0.05) is 31.0 Å². The molecule has 98 valence electrons. The van der Waals surface area contributed by atoms with Crippen LogP contribution in [0, 0.1) is 11.7 Å². The first-order valence-corrected chi connectivity index (χ1v) is 7.04. The minimum Gasteiger partial charge on any atom is -0.314 e. The highest BCUT2D eigenvalue weighted by molar-refractivity contribution is 5.22. The predicted octanol–water partition coefficient (Wildman–Crippen LogP) is 2.57. The van der Waals surface area contributed by atoms with Crippen LogP contribution in [-0.2, 0) is 0 Å². The van der Waals surface area contributed by atoms with Crippen molar-refractivity contribution in [1.29, 1.82) is 0 Å². The fourth-order valence-corrected chi connectivity index (χ4v) is 2.88. The predicted molar refractivity (Wildman–Crippen MR) is 70.9 cm³/mol. The third-order valence-electron chi connectivity index (χ3n) is 4.11. The first kappa shape index (κ1) is 12.1. The van der Waals surface area contributed by atoms with Crippen LogP contribution in [0.25, 0.3) is 0 Å². The molecule has 2 nitrogen and oxygen atoms in total. The Balaban J connectivity index is 1.81. The van der Waals surface area contributed by atoms with Gasteiger partial charge in [-0.05, 0) is 18.4 Å². The highest BCUT2D eigenvalue weighted by atomic mass is 19.1. The lowest BCUT2D eigenvalue weighted by atomic mass is 9.98. The summed E-state index contributed by atoms with van der Waals surface area (Å²) >= 11 is 0. The van der Waals surface area contributed by atoms with E-state index in [0.29, 0.717) is 0 Å². The zero-order chi connectivity index (χ0) is 12.4. The largest absolute Gasteiger partial charge is 0.314 e. The maximum atomic E-state index is 14.0. The number of rotatable bonds is 4. The highest BCUT2D eigenvalue weighted by Crippen LogP contribution is 2.40. The van der Waals surface area contributed by atoms with Gasteiger partial charge in [0.1, 0.15) is 5.82 Å². The zero-order valence-electron chi connectivity index (χ0n) is 10.7. The number of nitrogens with zero attached hydrogens (tertiary/aromatic N) is 1. The summed E-state index contributed by atoms with van der Waals surface area (Å²) < 4.78 is 14.0. The van der Waals surface area contributed by atoms with Crippen molar-refractivity contribution in [3.63, 3.8) is 0 Å². The quantitative estimate of drug-likeness (QED) is 0.881. The second-order valence-electron chi connectivity index (χ2n) is 5.50. The molecule has 0 aromatic heterocycles. The van der Waals surface area contributed by atoms with Crippen molar-refractivity contribution in [2.75, 3.05) is 26.2 Å². The van der Waals surface area contributed by atoms with Crippen LogP contribution in [0.3, 0.4) is 0 Å². The molecule has 0 radical (unpaired) electrons. The Bertz CT molecular complexity index is 397. The van der Waals surface area contributed by atoms with Gasteiger partial charge in [-0.3, -0.25) is 4.90 Å². The Kier molecular flexibility index (Phi) is 3.62. The molecule has 1 aromatic rings. The van der Waals surface area contributed by atoms with E-state index in [4.69, 9.17) is 0 Å². The molecule has 1 aliphatic heterocycles. The molecule has 3 heteroatoms. The molecular weight excluding hydrogens is 227 g/mol. The first-order valence-electron chi connectivity index (χ1n) is 7.04. The minimum atomic E-state index is -0.0401. The van der Waals surface area contributed by atoms with Crippen LogP contribution in [0.1, 0.15) is 30.9 Å². The molecule has 1 aromatic carbocycles. The molecule has 3 rings (SSSR count). The second kappa shape index (κ2) is 5.37. The van der Waals surface area contributed by atoms with Crippen molar-refractivity contribution in [3.8, 4) is 0 Å². The highest BCUT2D eigenvalue weighted by Gasteiger charge is 2.31. The van der Waals surface area contributed by atoms with E-state index in [0.717, 1.165) is 44.1 Å². The molecule has 0 amide bonds. The van der Waals surface area contributed by atoms with E-state index in [9.17, 15) is 4.39 Å². The molecule has 1 aliphatic carbocycles. The van der Waals surface area contributed by atoms with Crippen molar-refractivity contribution in [2.24, 2.45) is 5.92 Å². The summed E-state index contributed by atoms with van der Waals surface area (Å²) in [6.45, 7) is 4.11. The van der Waals surface area contributed by atoms with E-state index < -0.39 is 0 Å². The average molecular weight is 248 g/mol. The number of hydrogen-bond acceptors (Lipinski definition) is 2. The Morgan fingerprint density at radius 3 is 2.61 bits per heavy atom. The average Bonchev–Trinajstić information content (AvgIpc) is 3.22. The van der Waals surface area contributed by atoms with Gasteiger partial charge in [0.25, 0.3) is 0 Å². The fourth-order valence-electron chi connectivity index (χ4n) is 2.88. The van der Waals surface area contributed by atoms with Gasteiger partial charge in [-0.25, -0.2) is 4.39 Å². The van der Waals surface area contributed by atoms with Crippen LogP contribution >= 0.6 is 0 Å². The molecule has 0 spiro atoms. The Morgan fingerprint density at radius 1 is 1.22 bits per heavy atom. The summed E-state index contributed by atoms with van der Waals surface area (Å²) in [5.74, 6) is 0.783. The molecule has 0 unspecified atom stereocenters. The van der Waals surface area contributed by atoms with Crippen molar-refractivity contribution >= 4 is 0 Å². The topological polar surface area (TPSA) is 15.3 Å². The Labute approximate surface area is 108 Å². The monoisotopic (exact) mass is 248 g/mol. The smallest absolute Gasteiger partial charge is 0.127 e. The number of hydrogen-bond donors (Lipinski definition) is 1. The molecule has 1 heterocycles. The normalized spacial score (nSPS) is 22.9. The SMILES string of the molecule is Fc1ccccc1[C@@H](CC1CC1)N1CCNCC1. The van der Waals surface area contributed by atoms with Gasteiger partial charge in [0, 0.05) is 37.8 Å². The summed E-state index contributed by atoms with van der Waals surface area (Å²) in [7, 11) is 0. The molecule has 1 saturated carbocycles. The number of halogens is 1. The maximum absolute atomic E-state index is 14.0. The zero-order valence-corrected chi connectivity index (χ0v) is 10.7. The summed E-state index contributed by atoms with van der Waals surface area (Å²) in [6, 6.07) is 7.58. The Hall–Kier alpha value is -0.930. The van der Waals surface area contributed by atoms with E-state index >= 15 is 0 Å². The molecule has 2 fully saturated rings. The molecule has 0 bridgehead atoms. The third-order valence-corrected chi connectivity index (χ3v) is 4.11. The first-order chi connectivity index (χ1) is 8.84. The molecular formula is C15H21FN2. The van der Waals surface area contributed by atoms with Gasteiger partial charge in [0.05, 0.1) is 0 Å². The summed E-state index contributed by atoms with van der Waals surface area (Å²) in [5.41, 5.74) is 0.895. The van der Waals surface area contributed by atoms with Crippen LogP contribution in [0.15, 0.2) is 24.3 Å². The van der Waals surface area contributed by atoms with Gasteiger partial charge >= 0.3 is 0 Å². The standard InChI is InChI=1S/C15H21FN2/c16-14-4-2-1-3-13(14)15(11-12-5-6-12)18-9-7-17-8-10-18/h1-4,12,15,17H,5-11H2/t15-/m1/s1. The van der Waals surface area contributed by atoms with E-state index in [1.54, 1.807) is 12.1 Å². The number of benzene rings is 1. The summed E-state index contributed by atoms with van der Waals surface area (Å²) in [6.07, 6.45) is 3.79. The van der Waals surface area contributed by atoms with Crippen molar-refractivity contribution in [3.05, 3.63) is 35.6 Å². The van der Waals surface area contributed by atoms with Gasteiger partial charge < -0.3 is 5.32 Å². The van der Waals surface area contributed by atoms with Crippen molar-refractivity contribution < 1.29 is 4.39 Å². The van der Waals surface area contributed by atoms with Gasteiger partial charge in [-0.2, -0.15) is 0 Å². The van der Waals surface area contributed by atoms with E-state index in [2.05, 4.69) is 10.2 Å². The van der Waals surface area contributed by atoms with E-state index in [-0.39, 0.29) is 11.9 Å². The Morgan fingerprint density at radius 2 is 1.94 bits per heavy atom. The van der Waals surface area contributed by atoms with Gasteiger partial charge in [0.2, 0.25) is 0 Å². The van der Waals surface area contributed by atoms with E-state index in [1.807, 2.05) is 12.1 Å². The van der Waals surface area contributed by atoms with Crippen molar-refractivity contribution in [2.45, 2.75) is 25.3 Å². The lowest BCUT2D eigenvalue weighted by molar-refractivity contribution is 0.157. The number of piperazine rings is 1. The molecule has 1 saturated heterocycles. The van der Waals surface area contributed by atoms with Crippen LogP contribution < -0.4 is 5.32 Å². The summed E-state index contributed by atoms with van der Waals surface area (Å²) in [5, 5.41) is 3.37. The van der Waals surface area contributed by atoms with Crippen LogP contribution in [0.5, 0.6) is 0 Å². The molecule has 18 heavy (non-hydrogen) atoms. The molecule has 2 aliphatic rings. The molecule has 1 atom stereocenters. The second-order valence-corrected chi connectivity index (χ2v) is 5.50. The lowest BCUT2D eigenvalue weighted by Crippen LogP contribution is -2.45. The van der Waals surface area contributed by atoms with Gasteiger partial charge in [-0.15, -0.1) is 0 Å². The van der Waals surface area contributed by atoms with Crippen molar-refractivity contribution in [1.82, 2.24) is 10.2 Å². The maximum Gasteiger partial charge on any atom is 0.127 e. The minimum absolute atomic E-state index is 0.0401. The summed E-state index contributed by atoms with van der Waals surface area (Å²) in [4.78, 5) is 2.45. The van der Waals surface area contributed by atoms with Gasteiger partial charge in [0.15, 0.2) is 0 Å². The number of nitrogens with one attached hydrogen (secondary N) is 1. The third kappa shape index (κ3) is 2.73. The molecule has 1 N–H and O–H groups in total. The van der Waals surface area contributed by atoms with Crippen LogP contribution in [0.2, 0.25) is 0 Å². The van der Waals surface area contributed by atoms with Crippen LogP contribution in [-0.4, -0.2) is 31.1 Å².